The van der Waals surface area contributed by atoms with Crippen LogP contribution in [0.3, 0.4) is 0 Å². The summed E-state index contributed by atoms with van der Waals surface area (Å²) in [7, 11) is 0. The highest BCUT2D eigenvalue weighted by Crippen LogP contribution is 2.09. The van der Waals surface area contributed by atoms with E-state index in [1.165, 1.54) is 18.4 Å². The fourth-order valence-corrected chi connectivity index (χ4v) is 1.84. The molecule has 21 heavy (non-hydrogen) atoms. The predicted molar refractivity (Wildman–Crippen MR) is 79.3 cm³/mol. The lowest BCUT2D eigenvalue weighted by Crippen LogP contribution is -2.41. The Balaban J connectivity index is 1.90. The Bertz CT molecular complexity index is 673. The van der Waals surface area contributed by atoms with Crippen molar-refractivity contribution in [2.45, 2.75) is 13.8 Å². The Morgan fingerprint density at radius 3 is 2.62 bits per heavy atom. The van der Waals surface area contributed by atoms with Crippen molar-refractivity contribution >= 4 is 17.9 Å². The maximum absolute atomic E-state index is 11.9. The van der Waals surface area contributed by atoms with Crippen LogP contribution in [0.2, 0.25) is 0 Å². The highest BCUT2D eigenvalue weighted by molar-refractivity contribution is 5.98. The van der Waals surface area contributed by atoms with Gasteiger partial charge in [0.1, 0.15) is 5.76 Å². The van der Waals surface area contributed by atoms with Crippen LogP contribution in [-0.4, -0.2) is 11.8 Å². The Kier molecular flexibility index (Phi) is 4.56. The molecule has 0 aliphatic rings. The zero-order chi connectivity index (χ0) is 15.2. The van der Waals surface area contributed by atoms with E-state index in [9.17, 15) is 9.59 Å². The number of rotatable bonds is 3. The van der Waals surface area contributed by atoms with Crippen molar-refractivity contribution in [2.24, 2.45) is 0 Å². The lowest BCUT2D eigenvalue weighted by Gasteiger charge is -2.08. The van der Waals surface area contributed by atoms with E-state index in [2.05, 4.69) is 10.9 Å². The van der Waals surface area contributed by atoms with Crippen molar-refractivity contribution in [3.8, 4) is 0 Å². The fraction of sp³-hybridized carbons (Fsp3) is 0.125. The standard InChI is InChI=1S/C16H16N2O3/c1-11-5-7-14(12(2)10-11)16(20)18-17-15(19)8-6-13-4-3-9-21-13/h3-10H,1-2H3,(H,17,19)(H,18,20). The number of benzene rings is 1. The van der Waals surface area contributed by atoms with Crippen molar-refractivity contribution in [1.29, 1.82) is 0 Å². The molecule has 0 radical (unpaired) electrons. The molecule has 0 saturated carbocycles. The molecular weight excluding hydrogens is 268 g/mol. The summed E-state index contributed by atoms with van der Waals surface area (Å²) in [4.78, 5) is 23.5. The highest BCUT2D eigenvalue weighted by atomic mass is 16.3. The minimum Gasteiger partial charge on any atom is -0.465 e. The number of carbonyl (C=O) groups is 2. The Morgan fingerprint density at radius 2 is 1.95 bits per heavy atom. The number of carbonyl (C=O) groups excluding carboxylic acids is 2. The zero-order valence-electron chi connectivity index (χ0n) is 11.8. The molecular formula is C16H16N2O3. The normalized spacial score (nSPS) is 10.6. The van der Waals surface area contributed by atoms with E-state index < -0.39 is 5.91 Å². The first-order chi connectivity index (χ1) is 10.1. The van der Waals surface area contributed by atoms with Gasteiger partial charge in [-0.25, -0.2) is 0 Å². The third-order valence-electron chi connectivity index (χ3n) is 2.87. The second-order valence-electron chi connectivity index (χ2n) is 4.61. The van der Waals surface area contributed by atoms with E-state index >= 15 is 0 Å². The molecule has 108 valence electrons. The number of aryl methyl sites for hydroxylation is 2. The summed E-state index contributed by atoms with van der Waals surface area (Å²) < 4.78 is 5.05. The van der Waals surface area contributed by atoms with Crippen LogP contribution < -0.4 is 10.9 Å². The average molecular weight is 284 g/mol. The molecule has 1 aromatic heterocycles. The molecule has 1 aromatic carbocycles. The van der Waals surface area contributed by atoms with Crippen LogP contribution in [0.1, 0.15) is 27.2 Å². The van der Waals surface area contributed by atoms with Gasteiger partial charge in [0, 0.05) is 11.6 Å². The third-order valence-corrected chi connectivity index (χ3v) is 2.87. The van der Waals surface area contributed by atoms with Gasteiger partial charge in [-0.2, -0.15) is 0 Å². The SMILES string of the molecule is Cc1ccc(C(=O)NNC(=O)C=Cc2ccco2)c(C)c1. The van der Waals surface area contributed by atoms with Gasteiger partial charge >= 0.3 is 0 Å². The first-order valence-corrected chi connectivity index (χ1v) is 6.45. The maximum Gasteiger partial charge on any atom is 0.269 e. The van der Waals surface area contributed by atoms with Crippen molar-refractivity contribution in [2.75, 3.05) is 0 Å². The zero-order valence-corrected chi connectivity index (χ0v) is 11.8. The molecule has 1 heterocycles. The summed E-state index contributed by atoms with van der Waals surface area (Å²) in [5.74, 6) is -0.234. The Hall–Kier alpha value is -2.82. The van der Waals surface area contributed by atoms with Crippen LogP contribution in [0.25, 0.3) is 6.08 Å². The first-order valence-electron chi connectivity index (χ1n) is 6.45. The molecule has 0 unspecified atom stereocenters. The molecule has 2 aromatic rings. The highest BCUT2D eigenvalue weighted by Gasteiger charge is 2.09. The third kappa shape index (κ3) is 4.07. The summed E-state index contributed by atoms with van der Waals surface area (Å²) >= 11 is 0. The van der Waals surface area contributed by atoms with E-state index in [-0.39, 0.29) is 5.91 Å². The maximum atomic E-state index is 11.9. The number of nitrogens with one attached hydrogen (secondary N) is 2. The molecule has 0 aliphatic carbocycles. The number of furan rings is 1. The number of hydrogen-bond acceptors (Lipinski definition) is 3. The summed E-state index contributed by atoms with van der Waals surface area (Å²) in [6.07, 6.45) is 4.30. The molecule has 0 aliphatic heterocycles. The molecule has 2 N–H and O–H groups in total. The van der Waals surface area contributed by atoms with Gasteiger partial charge in [-0.1, -0.05) is 17.7 Å². The minimum absolute atomic E-state index is 0.354. The van der Waals surface area contributed by atoms with E-state index in [1.807, 2.05) is 26.0 Å². The van der Waals surface area contributed by atoms with Gasteiger partial charge in [0.15, 0.2) is 0 Å². The van der Waals surface area contributed by atoms with Crippen LogP contribution in [0.5, 0.6) is 0 Å². The molecule has 0 fully saturated rings. The van der Waals surface area contributed by atoms with Gasteiger partial charge in [0.2, 0.25) is 0 Å². The van der Waals surface area contributed by atoms with E-state index in [0.717, 1.165) is 11.1 Å². The Labute approximate surface area is 122 Å². The molecule has 2 amide bonds. The van der Waals surface area contributed by atoms with E-state index in [0.29, 0.717) is 11.3 Å². The average Bonchev–Trinajstić information content (AvgIpc) is 2.95. The van der Waals surface area contributed by atoms with Crippen LogP contribution in [-0.2, 0) is 4.79 Å². The monoisotopic (exact) mass is 284 g/mol. The van der Waals surface area contributed by atoms with Crippen LogP contribution in [0, 0.1) is 13.8 Å². The van der Waals surface area contributed by atoms with Crippen molar-refractivity contribution in [1.82, 2.24) is 10.9 Å². The minimum atomic E-state index is -0.440. The molecule has 2 rings (SSSR count). The van der Waals surface area contributed by atoms with Gasteiger partial charge in [-0.15, -0.1) is 0 Å². The predicted octanol–water partition coefficient (Wildman–Crippen LogP) is 2.37. The van der Waals surface area contributed by atoms with Crippen LogP contribution >= 0.6 is 0 Å². The summed E-state index contributed by atoms with van der Waals surface area (Å²) in [6, 6.07) is 8.93. The lowest BCUT2D eigenvalue weighted by molar-refractivity contribution is -0.117. The smallest absolute Gasteiger partial charge is 0.269 e. The molecule has 5 heteroatoms. The second kappa shape index (κ2) is 6.56. The summed E-state index contributed by atoms with van der Waals surface area (Å²) in [5, 5.41) is 0. The topological polar surface area (TPSA) is 71.3 Å². The van der Waals surface area contributed by atoms with E-state index in [4.69, 9.17) is 4.42 Å². The molecule has 0 bridgehead atoms. The quantitative estimate of drug-likeness (QED) is 0.671. The van der Waals surface area contributed by atoms with Crippen LogP contribution in [0.4, 0.5) is 0 Å². The van der Waals surface area contributed by atoms with Crippen LogP contribution in [0.15, 0.2) is 47.1 Å². The van der Waals surface area contributed by atoms with Gasteiger partial charge in [-0.05, 0) is 43.7 Å². The number of hydrogen-bond donors (Lipinski definition) is 2. The molecule has 0 saturated heterocycles. The molecule has 5 nitrogen and oxygen atoms in total. The first kappa shape index (κ1) is 14.6. The van der Waals surface area contributed by atoms with Crippen molar-refractivity contribution in [3.63, 3.8) is 0 Å². The van der Waals surface area contributed by atoms with Gasteiger partial charge in [-0.3, -0.25) is 20.4 Å². The molecule has 0 atom stereocenters. The van der Waals surface area contributed by atoms with Crippen molar-refractivity contribution < 1.29 is 14.0 Å². The van der Waals surface area contributed by atoms with E-state index in [1.54, 1.807) is 18.2 Å². The van der Waals surface area contributed by atoms with Gasteiger partial charge in [0.25, 0.3) is 11.8 Å². The van der Waals surface area contributed by atoms with Crippen molar-refractivity contribution in [3.05, 3.63) is 65.1 Å². The largest absolute Gasteiger partial charge is 0.465 e. The summed E-state index contributed by atoms with van der Waals surface area (Å²) in [5.41, 5.74) is 7.14. The lowest BCUT2D eigenvalue weighted by atomic mass is 10.1. The van der Waals surface area contributed by atoms with Gasteiger partial charge in [0.05, 0.1) is 6.26 Å². The Morgan fingerprint density at radius 1 is 1.14 bits per heavy atom. The summed E-state index contributed by atoms with van der Waals surface area (Å²) in [6.45, 7) is 3.80. The fourth-order valence-electron chi connectivity index (χ4n) is 1.84. The number of hydrazine groups is 1. The number of amides is 2. The van der Waals surface area contributed by atoms with Gasteiger partial charge < -0.3 is 4.42 Å². The molecule has 0 spiro atoms. The second-order valence-corrected chi connectivity index (χ2v) is 4.61.